The molecule has 0 saturated carbocycles. The molecule has 116 valence electrons. The zero-order chi connectivity index (χ0) is 14.9. The van der Waals surface area contributed by atoms with E-state index in [4.69, 9.17) is 4.74 Å². The van der Waals surface area contributed by atoms with Crippen LogP contribution in [0.3, 0.4) is 0 Å². The second-order valence-electron chi connectivity index (χ2n) is 5.72. The van der Waals surface area contributed by atoms with E-state index in [1.165, 1.54) is 43.1 Å². The number of rotatable bonds is 10. The number of fused-ring (bicyclic) bond motifs is 1. The molecule has 3 nitrogen and oxygen atoms in total. The van der Waals surface area contributed by atoms with Crippen LogP contribution in [0.4, 0.5) is 0 Å². The van der Waals surface area contributed by atoms with Crippen molar-refractivity contribution in [1.29, 1.82) is 0 Å². The SMILES string of the molecule is CCCCCCn1c[n+](COCCCC)c2ccccc21. The van der Waals surface area contributed by atoms with E-state index in [1.807, 2.05) is 0 Å². The minimum atomic E-state index is 0.655. The molecule has 0 amide bonds. The van der Waals surface area contributed by atoms with Crippen LogP contribution in [0.2, 0.25) is 0 Å². The Morgan fingerprint density at radius 1 is 1.00 bits per heavy atom. The summed E-state index contributed by atoms with van der Waals surface area (Å²) < 4.78 is 10.4. The van der Waals surface area contributed by atoms with Crippen molar-refractivity contribution < 1.29 is 9.30 Å². The molecule has 0 saturated heterocycles. The van der Waals surface area contributed by atoms with E-state index in [1.54, 1.807) is 0 Å². The van der Waals surface area contributed by atoms with Gasteiger partial charge in [-0.1, -0.05) is 45.2 Å². The van der Waals surface area contributed by atoms with E-state index < -0.39 is 0 Å². The summed E-state index contributed by atoms with van der Waals surface area (Å²) in [7, 11) is 0. The number of unbranched alkanes of at least 4 members (excludes halogenated alkanes) is 4. The second kappa shape index (κ2) is 8.83. The van der Waals surface area contributed by atoms with Crippen molar-refractivity contribution in [2.75, 3.05) is 6.61 Å². The highest BCUT2D eigenvalue weighted by Gasteiger charge is 2.14. The maximum atomic E-state index is 5.77. The molecule has 0 radical (unpaired) electrons. The molecule has 0 unspecified atom stereocenters. The molecule has 0 atom stereocenters. The van der Waals surface area contributed by atoms with Gasteiger partial charge in [-0.3, -0.25) is 0 Å². The van der Waals surface area contributed by atoms with Gasteiger partial charge in [0.2, 0.25) is 6.33 Å². The molecule has 21 heavy (non-hydrogen) atoms. The summed E-state index contributed by atoms with van der Waals surface area (Å²) >= 11 is 0. The molecular weight excluding hydrogens is 260 g/mol. The van der Waals surface area contributed by atoms with Gasteiger partial charge in [-0.25, -0.2) is 9.13 Å². The van der Waals surface area contributed by atoms with E-state index in [-0.39, 0.29) is 0 Å². The van der Waals surface area contributed by atoms with Crippen molar-refractivity contribution >= 4 is 11.0 Å². The van der Waals surface area contributed by atoms with Crippen molar-refractivity contribution in [3.63, 3.8) is 0 Å². The molecule has 2 aromatic rings. The maximum absolute atomic E-state index is 5.77. The summed E-state index contributed by atoms with van der Waals surface area (Å²) in [5, 5.41) is 0. The van der Waals surface area contributed by atoms with Crippen LogP contribution in [0.1, 0.15) is 52.4 Å². The minimum absolute atomic E-state index is 0.655. The maximum Gasteiger partial charge on any atom is 0.246 e. The highest BCUT2D eigenvalue weighted by atomic mass is 16.5. The van der Waals surface area contributed by atoms with Crippen LogP contribution in [0, 0.1) is 0 Å². The van der Waals surface area contributed by atoms with Crippen molar-refractivity contribution in [3.05, 3.63) is 30.6 Å². The Morgan fingerprint density at radius 3 is 2.62 bits per heavy atom. The van der Waals surface area contributed by atoms with E-state index in [0.29, 0.717) is 6.73 Å². The average molecular weight is 289 g/mol. The molecule has 0 aliphatic heterocycles. The number of ether oxygens (including phenoxy) is 1. The molecule has 0 aliphatic carbocycles. The fourth-order valence-corrected chi connectivity index (χ4v) is 2.64. The summed E-state index contributed by atoms with van der Waals surface area (Å²) in [6.45, 7) is 7.05. The topological polar surface area (TPSA) is 18.0 Å². The minimum Gasteiger partial charge on any atom is -0.342 e. The Balaban J connectivity index is 2.03. The van der Waals surface area contributed by atoms with Crippen LogP contribution in [-0.2, 0) is 18.0 Å². The molecule has 2 rings (SSSR count). The Morgan fingerprint density at radius 2 is 1.81 bits per heavy atom. The predicted octanol–water partition coefficient (Wildman–Crippen LogP) is 4.28. The number of benzene rings is 1. The summed E-state index contributed by atoms with van der Waals surface area (Å²) in [6, 6.07) is 8.61. The molecule has 1 heterocycles. The molecule has 0 spiro atoms. The Bertz CT molecular complexity index is 487. The molecule has 0 N–H and O–H groups in total. The first kappa shape index (κ1) is 16.0. The Hall–Kier alpha value is -1.35. The van der Waals surface area contributed by atoms with Gasteiger partial charge in [-0.05, 0) is 31.4 Å². The van der Waals surface area contributed by atoms with Gasteiger partial charge in [0, 0.05) is 0 Å². The standard InChI is InChI=1S/C18H29N2O/c1-3-5-7-10-13-19-15-20(16-21-14-6-4-2)18-12-9-8-11-17(18)19/h8-9,11-12,15H,3-7,10,13-14,16H2,1-2H3/q+1. The number of aryl methyl sites for hydroxylation is 1. The molecule has 3 heteroatoms. The molecule has 0 fully saturated rings. The third kappa shape index (κ3) is 4.57. The summed E-state index contributed by atoms with van der Waals surface area (Å²) in [4.78, 5) is 0. The van der Waals surface area contributed by atoms with Crippen molar-refractivity contribution in [2.24, 2.45) is 0 Å². The first-order chi connectivity index (χ1) is 10.4. The smallest absolute Gasteiger partial charge is 0.246 e. The summed E-state index contributed by atoms with van der Waals surface area (Å²) in [6.07, 6.45) is 9.72. The van der Waals surface area contributed by atoms with Gasteiger partial charge in [0.25, 0.3) is 0 Å². The normalized spacial score (nSPS) is 11.3. The first-order valence-electron chi connectivity index (χ1n) is 8.41. The van der Waals surface area contributed by atoms with Crippen LogP contribution < -0.4 is 4.57 Å². The molecule has 1 aromatic heterocycles. The zero-order valence-electron chi connectivity index (χ0n) is 13.6. The lowest BCUT2D eigenvalue weighted by Crippen LogP contribution is -2.34. The number of imidazole rings is 1. The van der Waals surface area contributed by atoms with Gasteiger partial charge in [-0.2, -0.15) is 0 Å². The zero-order valence-corrected chi connectivity index (χ0v) is 13.6. The van der Waals surface area contributed by atoms with Gasteiger partial charge in [-0.15, -0.1) is 0 Å². The van der Waals surface area contributed by atoms with Crippen LogP contribution >= 0.6 is 0 Å². The molecular formula is C18H29N2O+. The highest BCUT2D eigenvalue weighted by Crippen LogP contribution is 2.12. The van der Waals surface area contributed by atoms with Crippen molar-refractivity contribution in [2.45, 2.75) is 65.6 Å². The second-order valence-corrected chi connectivity index (χ2v) is 5.72. The number of nitrogens with zero attached hydrogens (tertiary/aromatic N) is 2. The highest BCUT2D eigenvalue weighted by molar-refractivity contribution is 5.71. The fraction of sp³-hybridized carbons (Fsp3) is 0.611. The molecule has 1 aromatic carbocycles. The van der Waals surface area contributed by atoms with Gasteiger partial charge < -0.3 is 4.74 Å². The van der Waals surface area contributed by atoms with E-state index >= 15 is 0 Å². The van der Waals surface area contributed by atoms with E-state index in [0.717, 1.165) is 19.6 Å². The van der Waals surface area contributed by atoms with Gasteiger partial charge >= 0.3 is 0 Å². The monoisotopic (exact) mass is 289 g/mol. The third-order valence-electron chi connectivity index (χ3n) is 3.90. The van der Waals surface area contributed by atoms with Crippen LogP contribution in [-0.4, -0.2) is 11.2 Å². The molecule has 0 bridgehead atoms. The summed E-state index contributed by atoms with van der Waals surface area (Å²) in [5.74, 6) is 0. The molecule has 0 aliphatic rings. The van der Waals surface area contributed by atoms with E-state index in [2.05, 4.69) is 53.6 Å². The van der Waals surface area contributed by atoms with Crippen LogP contribution in [0.5, 0.6) is 0 Å². The van der Waals surface area contributed by atoms with Crippen molar-refractivity contribution in [3.8, 4) is 0 Å². The van der Waals surface area contributed by atoms with Crippen LogP contribution in [0.25, 0.3) is 11.0 Å². The lowest BCUT2D eigenvalue weighted by atomic mass is 10.2. The lowest BCUT2D eigenvalue weighted by molar-refractivity contribution is -0.710. The van der Waals surface area contributed by atoms with Gasteiger partial charge in [0.1, 0.15) is 0 Å². The Labute approximate surface area is 128 Å². The fourth-order valence-electron chi connectivity index (χ4n) is 2.64. The van der Waals surface area contributed by atoms with Gasteiger partial charge in [0.05, 0.1) is 13.2 Å². The number of hydrogen-bond acceptors (Lipinski definition) is 1. The number of para-hydroxylation sites is 2. The third-order valence-corrected chi connectivity index (χ3v) is 3.90. The number of hydrogen-bond donors (Lipinski definition) is 0. The predicted molar refractivity (Wildman–Crippen MR) is 87.1 cm³/mol. The quantitative estimate of drug-likeness (QED) is 0.471. The first-order valence-corrected chi connectivity index (χ1v) is 8.41. The van der Waals surface area contributed by atoms with Crippen LogP contribution in [0.15, 0.2) is 30.6 Å². The van der Waals surface area contributed by atoms with Crippen molar-refractivity contribution in [1.82, 2.24) is 4.57 Å². The number of aromatic nitrogens is 2. The Kier molecular flexibility index (Phi) is 6.74. The average Bonchev–Trinajstić information content (AvgIpc) is 2.87. The summed E-state index contributed by atoms with van der Waals surface area (Å²) in [5.41, 5.74) is 2.58. The van der Waals surface area contributed by atoms with Gasteiger partial charge in [0.15, 0.2) is 17.8 Å². The largest absolute Gasteiger partial charge is 0.342 e. The lowest BCUT2D eigenvalue weighted by Gasteiger charge is -2.00. The van der Waals surface area contributed by atoms with E-state index in [9.17, 15) is 0 Å².